The first-order chi connectivity index (χ1) is 22.2. The van der Waals surface area contributed by atoms with E-state index in [2.05, 4.69) is 5.32 Å². The van der Waals surface area contributed by atoms with Gasteiger partial charge in [-0.05, 0) is 30.5 Å². The van der Waals surface area contributed by atoms with Gasteiger partial charge in [0.1, 0.15) is 23.6 Å². The first-order valence-corrected chi connectivity index (χ1v) is 15.4. The molecule has 1 saturated carbocycles. The van der Waals surface area contributed by atoms with Gasteiger partial charge in [-0.1, -0.05) is 56.3 Å². The Morgan fingerprint density at radius 1 is 1.02 bits per heavy atom. The molecule has 2 amide bonds. The summed E-state index contributed by atoms with van der Waals surface area (Å²) in [6, 6.07) is 17.6. The highest BCUT2D eigenvalue weighted by Crippen LogP contribution is 2.70. The number of aliphatic hydroxyl groups is 1. The van der Waals surface area contributed by atoms with E-state index in [4.69, 9.17) is 23.7 Å². The van der Waals surface area contributed by atoms with Crippen LogP contribution < -0.4 is 29.0 Å². The van der Waals surface area contributed by atoms with Gasteiger partial charge in [0.15, 0.2) is 22.9 Å². The van der Waals surface area contributed by atoms with Crippen molar-refractivity contribution in [2.75, 3.05) is 27.6 Å². The summed E-state index contributed by atoms with van der Waals surface area (Å²) in [5.41, 5.74) is -3.07. The molecule has 11 heteroatoms. The lowest BCUT2D eigenvalue weighted by Crippen LogP contribution is -2.51. The van der Waals surface area contributed by atoms with Crippen LogP contribution in [0.5, 0.6) is 28.7 Å². The van der Waals surface area contributed by atoms with E-state index in [1.54, 1.807) is 56.2 Å². The van der Waals surface area contributed by atoms with E-state index in [1.165, 1.54) is 7.11 Å². The van der Waals surface area contributed by atoms with E-state index in [0.29, 0.717) is 42.0 Å². The Balaban J connectivity index is 1.47. The Kier molecular flexibility index (Phi) is 7.11. The van der Waals surface area contributed by atoms with Crippen LogP contribution in [0.3, 0.4) is 0 Å². The van der Waals surface area contributed by atoms with Gasteiger partial charge in [0.05, 0.1) is 25.7 Å². The summed E-state index contributed by atoms with van der Waals surface area (Å²) >= 11 is 0. The maximum absolute atomic E-state index is 15.1. The third kappa shape index (κ3) is 4.03. The molecule has 1 aliphatic carbocycles. The fourth-order valence-electron chi connectivity index (χ4n) is 7.56. The number of rotatable bonds is 7. The van der Waals surface area contributed by atoms with Crippen molar-refractivity contribution in [3.05, 3.63) is 77.4 Å². The SMILES string of the molecule is COc1ccc(C23Oc4cc5c(c(OC)c4C2(O)C(=O)C(C(=O)N2CCCC2NC(=O)C(C)C)C3c2ccccc2)OCO5)cc1. The molecule has 4 aliphatic rings. The summed E-state index contributed by atoms with van der Waals surface area (Å²) in [6.45, 7) is 3.84. The Hall–Kier alpha value is -4.77. The van der Waals surface area contributed by atoms with Crippen LogP contribution in [0.2, 0.25) is 0 Å². The molecule has 3 aromatic carbocycles. The topological polar surface area (TPSA) is 133 Å². The molecule has 0 bridgehead atoms. The van der Waals surface area contributed by atoms with Gasteiger partial charge in [-0.2, -0.15) is 0 Å². The monoisotopic (exact) mass is 628 g/mol. The standard InChI is InChI=1S/C35H36N2O9/c1-19(2)32(39)36-25-11-8-16-37(25)33(40)26-27(20-9-6-5-7-10-20)35(21-12-14-22(42-3)15-13-21)34(41,31(26)38)28-23(46-35)17-24-29(30(28)43-4)45-18-44-24/h5-7,9-10,12-15,17,19,25-27,41H,8,11,16,18H2,1-4H3,(H,36,39). The molecule has 240 valence electrons. The molecule has 3 aliphatic heterocycles. The fourth-order valence-corrected chi connectivity index (χ4v) is 7.56. The second-order valence-electron chi connectivity index (χ2n) is 12.4. The zero-order chi connectivity index (χ0) is 32.4. The van der Waals surface area contributed by atoms with Gasteiger partial charge in [0.2, 0.25) is 30.0 Å². The molecular weight excluding hydrogens is 592 g/mol. The van der Waals surface area contributed by atoms with Gasteiger partial charge in [-0.3, -0.25) is 14.4 Å². The number of benzene rings is 3. The van der Waals surface area contributed by atoms with Crippen LogP contribution >= 0.6 is 0 Å². The molecule has 5 unspecified atom stereocenters. The number of ketones is 1. The van der Waals surface area contributed by atoms with Gasteiger partial charge in [0.25, 0.3) is 0 Å². The molecule has 2 fully saturated rings. The first-order valence-electron chi connectivity index (χ1n) is 15.4. The van der Waals surface area contributed by atoms with Crippen LogP contribution in [0.15, 0.2) is 60.7 Å². The van der Waals surface area contributed by atoms with E-state index in [1.807, 2.05) is 30.3 Å². The van der Waals surface area contributed by atoms with Crippen molar-refractivity contribution in [3.63, 3.8) is 0 Å². The number of methoxy groups -OCH3 is 2. The van der Waals surface area contributed by atoms with E-state index < -0.39 is 40.9 Å². The molecule has 7 rings (SSSR count). The number of amides is 2. The van der Waals surface area contributed by atoms with Crippen LogP contribution in [0, 0.1) is 11.8 Å². The molecule has 3 aromatic rings. The number of nitrogens with zero attached hydrogens (tertiary/aromatic N) is 1. The number of hydrogen-bond donors (Lipinski definition) is 2. The minimum absolute atomic E-state index is 0.0716. The lowest BCUT2D eigenvalue weighted by Gasteiger charge is -2.40. The summed E-state index contributed by atoms with van der Waals surface area (Å²) < 4.78 is 29.5. The zero-order valence-electron chi connectivity index (χ0n) is 26.1. The van der Waals surface area contributed by atoms with Crippen LogP contribution in [0.4, 0.5) is 0 Å². The maximum atomic E-state index is 15.1. The van der Waals surface area contributed by atoms with E-state index in [-0.39, 0.29) is 41.4 Å². The Labute approximate surface area is 266 Å². The van der Waals surface area contributed by atoms with Gasteiger partial charge in [-0.25, -0.2) is 0 Å². The predicted octanol–water partition coefficient (Wildman–Crippen LogP) is 3.61. The Bertz CT molecular complexity index is 1710. The van der Waals surface area contributed by atoms with Crippen molar-refractivity contribution < 1.29 is 43.2 Å². The Morgan fingerprint density at radius 2 is 1.76 bits per heavy atom. The molecule has 46 heavy (non-hydrogen) atoms. The summed E-state index contributed by atoms with van der Waals surface area (Å²) in [6.07, 6.45) is 0.609. The van der Waals surface area contributed by atoms with Crippen LogP contribution in [0.25, 0.3) is 0 Å². The molecular formula is C35H36N2O9. The highest BCUT2D eigenvalue weighted by Gasteiger charge is 2.79. The molecule has 3 heterocycles. The van der Waals surface area contributed by atoms with Crippen molar-refractivity contribution in [3.8, 4) is 28.7 Å². The number of fused-ring (bicyclic) bond motifs is 4. The minimum atomic E-state index is -2.40. The summed E-state index contributed by atoms with van der Waals surface area (Å²) in [4.78, 5) is 44.2. The van der Waals surface area contributed by atoms with Gasteiger partial charge in [0, 0.05) is 24.1 Å². The van der Waals surface area contributed by atoms with Crippen LogP contribution in [0.1, 0.15) is 49.3 Å². The molecule has 1 saturated heterocycles. The normalized spacial score (nSPS) is 27.3. The number of nitrogens with one attached hydrogen (secondary N) is 1. The molecule has 5 atom stereocenters. The van der Waals surface area contributed by atoms with Gasteiger partial charge >= 0.3 is 0 Å². The fraction of sp³-hybridized carbons (Fsp3) is 0.400. The van der Waals surface area contributed by atoms with E-state index in [9.17, 15) is 14.7 Å². The van der Waals surface area contributed by atoms with Crippen molar-refractivity contribution in [2.45, 2.75) is 50.0 Å². The first kappa shape index (κ1) is 29.9. The second kappa shape index (κ2) is 10.9. The number of Topliss-reactive ketones (excluding diaryl/α,β-unsaturated/α-hetero) is 1. The lowest BCUT2D eigenvalue weighted by atomic mass is 9.70. The smallest absolute Gasteiger partial charge is 0.235 e. The number of ether oxygens (including phenoxy) is 5. The minimum Gasteiger partial charge on any atom is -0.497 e. The third-order valence-electron chi connectivity index (χ3n) is 9.68. The summed E-state index contributed by atoms with van der Waals surface area (Å²) in [5.74, 6) is -2.66. The van der Waals surface area contributed by atoms with E-state index >= 15 is 4.79 Å². The van der Waals surface area contributed by atoms with Crippen molar-refractivity contribution in [1.29, 1.82) is 0 Å². The molecule has 0 radical (unpaired) electrons. The summed E-state index contributed by atoms with van der Waals surface area (Å²) in [7, 11) is 2.96. The van der Waals surface area contributed by atoms with E-state index in [0.717, 1.165) is 0 Å². The largest absolute Gasteiger partial charge is 0.497 e. The third-order valence-corrected chi connectivity index (χ3v) is 9.68. The highest BCUT2D eigenvalue weighted by molar-refractivity contribution is 6.11. The van der Waals surface area contributed by atoms with Crippen molar-refractivity contribution in [2.24, 2.45) is 11.8 Å². The van der Waals surface area contributed by atoms with Crippen LogP contribution in [-0.2, 0) is 25.6 Å². The quantitative estimate of drug-likeness (QED) is 0.377. The molecule has 11 nitrogen and oxygen atoms in total. The van der Waals surface area contributed by atoms with Crippen molar-refractivity contribution in [1.82, 2.24) is 10.2 Å². The number of carbonyl (C=O) groups excluding carboxylic acids is 3. The molecule has 0 spiro atoms. The lowest BCUT2D eigenvalue weighted by molar-refractivity contribution is -0.153. The average Bonchev–Trinajstić information content (AvgIpc) is 3.83. The average molecular weight is 629 g/mol. The van der Waals surface area contributed by atoms with Crippen LogP contribution in [-0.4, -0.2) is 61.3 Å². The number of carbonyl (C=O) groups is 3. The Morgan fingerprint density at radius 3 is 2.43 bits per heavy atom. The highest BCUT2D eigenvalue weighted by atomic mass is 16.7. The summed E-state index contributed by atoms with van der Waals surface area (Å²) in [5, 5.41) is 16.2. The predicted molar refractivity (Wildman–Crippen MR) is 164 cm³/mol. The zero-order valence-corrected chi connectivity index (χ0v) is 26.1. The molecule has 0 aromatic heterocycles. The maximum Gasteiger partial charge on any atom is 0.235 e. The number of likely N-dealkylation sites (tertiary alicyclic amines) is 1. The van der Waals surface area contributed by atoms with Gasteiger partial charge < -0.3 is 39.0 Å². The number of hydrogen-bond acceptors (Lipinski definition) is 9. The van der Waals surface area contributed by atoms with Crippen molar-refractivity contribution >= 4 is 17.6 Å². The second-order valence-corrected chi connectivity index (χ2v) is 12.4. The van der Waals surface area contributed by atoms with Gasteiger partial charge in [-0.15, -0.1) is 0 Å². The molecule has 2 N–H and O–H groups in total.